The molecule has 18 heavy (non-hydrogen) atoms. The highest BCUT2D eigenvalue weighted by Crippen LogP contribution is 2.33. The van der Waals surface area contributed by atoms with Gasteiger partial charge in [0.25, 0.3) is 0 Å². The number of alkyl halides is 1. The van der Waals surface area contributed by atoms with Gasteiger partial charge in [-0.25, -0.2) is 8.78 Å². The van der Waals surface area contributed by atoms with Crippen LogP contribution in [0.3, 0.4) is 0 Å². The number of benzene rings is 1. The zero-order valence-corrected chi connectivity index (χ0v) is 11.4. The highest BCUT2D eigenvalue weighted by atomic mass is 19.1. The number of hydrogen-bond acceptors (Lipinski definition) is 0. The Morgan fingerprint density at radius 3 is 2.22 bits per heavy atom. The third-order valence-corrected chi connectivity index (χ3v) is 2.95. The monoisotopic (exact) mass is 250 g/mol. The molecule has 2 heteroatoms. The van der Waals surface area contributed by atoms with Crippen molar-refractivity contribution in [3.8, 4) is 0 Å². The van der Waals surface area contributed by atoms with Crippen LogP contribution in [-0.2, 0) is 11.1 Å². The van der Waals surface area contributed by atoms with E-state index in [2.05, 4.69) is 6.58 Å². The number of halogens is 2. The molecule has 0 fully saturated rings. The average Bonchev–Trinajstić information content (AvgIpc) is 2.27. The molecule has 98 valence electrons. The zero-order valence-electron chi connectivity index (χ0n) is 11.4. The SMILES string of the molecule is C=CC(F)(C=CC)c1ccc(C(C)(C)C)cc1F. The Kier molecular flexibility index (Phi) is 4.10. The molecule has 0 saturated heterocycles. The molecular weight excluding hydrogens is 230 g/mol. The summed E-state index contributed by atoms with van der Waals surface area (Å²) in [7, 11) is 0. The average molecular weight is 250 g/mol. The smallest absolute Gasteiger partial charge is 0.175 e. The minimum Gasteiger partial charge on any atom is -0.229 e. The van der Waals surface area contributed by atoms with Gasteiger partial charge in [0.1, 0.15) is 5.82 Å². The molecule has 0 amide bonds. The Hall–Kier alpha value is -1.44. The molecule has 0 nitrogen and oxygen atoms in total. The van der Waals surface area contributed by atoms with E-state index in [9.17, 15) is 8.78 Å². The second-order valence-corrected chi connectivity index (χ2v) is 5.42. The van der Waals surface area contributed by atoms with Crippen LogP contribution in [0.4, 0.5) is 8.78 Å². The summed E-state index contributed by atoms with van der Waals surface area (Å²) in [5.41, 5.74) is -1.26. The quantitative estimate of drug-likeness (QED) is 0.658. The van der Waals surface area contributed by atoms with Gasteiger partial charge >= 0.3 is 0 Å². The van der Waals surface area contributed by atoms with Crippen molar-refractivity contribution >= 4 is 0 Å². The van der Waals surface area contributed by atoms with E-state index in [1.807, 2.05) is 20.8 Å². The summed E-state index contributed by atoms with van der Waals surface area (Å²) in [6.07, 6.45) is 3.97. The lowest BCUT2D eigenvalue weighted by Gasteiger charge is -2.23. The van der Waals surface area contributed by atoms with Crippen molar-refractivity contribution in [2.45, 2.75) is 38.8 Å². The fraction of sp³-hybridized carbons (Fsp3) is 0.375. The Bertz CT molecular complexity index is 466. The first kappa shape index (κ1) is 14.6. The Morgan fingerprint density at radius 1 is 1.22 bits per heavy atom. The normalized spacial score (nSPS) is 15.7. The molecule has 0 aliphatic rings. The summed E-state index contributed by atoms with van der Waals surface area (Å²) in [5, 5.41) is 0. The van der Waals surface area contributed by atoms with Crippen LogP contribution >= 0.6 is 0 Å². The molecule has 0 radical (unpaired) electrons. The second kappa shape index (κ2) is 5.05. The first-order chi connectivity index (χ1) is 8.24. The molecule has 0 bridgehead atoms. The predicted molar refractivity (Wildman–Crippen MR) is 72.9 cm³/mol. The van der Waals surface area contributed by atoms with E-state index in [1.165, 1.54) is 18.2 Å². The number of allylic oxidation sites excluding steroid dienone is 3. The molecule has 1 atom stereocenters. The topological polar surface area (TPSA) is 0 Å². The molecule has 0 N–H and O–H groups in total. The van der Waals surface area contributed by atoms with Crippen molar-refractivity contribution < 1.29 is 8.78 Å². The van der Waals surface area contributed by atoms with Gasteiger partial charge in [0, 0.05) is 5.56 Å². The van der Waals surface area contributed by atoms with Crippen molar-refractivity contribution in [2.24, 2.45) is 0 Å². The van der Waals surface area contributed by atoms with Gasteiger partial charge in [0.15, 0.2) is 5.67 Å². The molecule has 0 aromatic heterocycles. The zero-order chi connectivity index (χ0) is 14.0. The molecule has 1 rings (SSSR count). The number of rotatable bonds is 3. The van der Waals surface area contributed by atoms with E-state index in [4.69, 9.17) is 0 Å². The van der Waals surface area contributed by atoms with Crippen molar-refractivity contribution in [2.75, 3.05) is 0 Å². The number of hydrogen-bond donors (Lipinski definition) is 0. The Morgan fingerprint density at radius 2 is 1.83 bits per heavy atom. The lowest BCUT2D eigenvalue weighted by atomic mass is 9.84. The fourth-order valence-corrected chi connectivity index (χ4v) is 1.80. The third-order valence-electron chi connectivity index (χ3n) is 2.95. The van der Waals surface area contributed by atoms with E-state index in [1.54, 1.807) is 19.1 Å². The second-order valence-electron chi connectivity index (χ2n) is 5.42. The predicted octanol–water partition coefficient (Wildman–Crippen LogP) is 5.05. The molecule has 0 heterocycles. The van der Waals surface area contributed by atoms with E-state index in [0.29, 0.717) is 0 Å². The van der Waals surface area contributed by atoms with E-state index in [0.717, 1.165) is 11.6 Å². The van der Waals surface area contributed by atoms with Crippen LogP contribution in [0, 0.1) is 5.82 Å². The Labute approximate surface area is 108 Å². The van der Waals surface area contributed by atoms with E-state index < -0.39 is 11.5 Å². The van der Waals surface area contributed by atoms with Crippen LogP contribution in [0.25, 0.3) is 0 Å². The molecule has 0 spiro atoms. The van der Waals surface area contributed by atoms with Gasteiger partial charge in [-0.05, 0) is 36.1 Å². The Balaban J connectivity index is 3.33. The van der Waals surface area contributed by atoms with Gasteiger partial charge in [-0.15, -0.1) is 0 Å². The van der Waals surface area contributed by atoms with E-state index >= 15 is 0 Å². The minimum atomic E-state index is -1.95. The minimum absolute atomic E-state index is 0.00333. The molecular formula is C16H20F2. The lowest BCUT2D eigenvalue weighted by Crippen LogP contribution is -2.18. The summed E-state index contributed by atoms with van der Waals surface area (Å²) < 4.78 is 28.6. The van der Waals surface area contributed by atoms with Crippen molar-refractivity contribution in [1.29, 1.82) is 0 Å². The maximum Gasteiger partial charge on any atom is 0.175 e. The fourth-order valence-electron chi connectivity index (χ4n) is 1.80. The summed E-state index contributed by atoms with van der Waals surface area (Å²) in [4.78, 5) is 0. The standard InChI is InChI=1S/C16H20F2/c1-6-10-16(18,7-2)13-9-8-12(11-14(13)17)15(3,4)5/h6-11H,2H2,1,3-5H3. The molecule has 0 aliphatic heterocycles. The molecule has 1 aromatic carbocycles. The van der Waals surface area contributed by atoms with Crippen molar-refractivity contribution in [3.63, 3.8) is 0 Å². The van der Waals surface area contributed by atoms with Gasteiger partial charge in [0.05, 0.1) is 0 Å². The van der Waals surface area contributed by atoms with E-state index in [-0.39, 0.29) is 11.0 Å². The van der Waals surface area contributed by atoms with Crippen LogP contribution in [0.2, 0.25) is 0 Å². The molecule has 1 unspecified atom stereocenters. The van der Waals surface area contributed by atoms with Crippen molar-refractivity contribution in [3.05, 3.63) is 60.0 Å². The van der Waals surface area contributed by atoms with Gasteiger partial charge in [-0.2, -0.15) is 0 Å². The lowest BCUT2D eigenvalue weighted by molar-refractivity contribution is 0.296. The molecule has 0 saturated carbocycles. The maximum atomic E-state index is 14.5. The van der Waals surface area contributed by atoms with Gasteiger partial charge < -0.3 is 0 Å². The third kappa shape index (κ3) is 2.87. The first-order valence-corrected chi connectivity index (χ1v) is 6.01. The molecule has 0 aliphatic carbocycles. The van der Waals surface area contributed by atoms with Gasteiger partial charge in [0.2, 0.25) is 0 Å². The van der Waals surface area contributed by atoms with Crippen LogP contribution in [0.1, 0.15) is 38.8 Å². The highest BCUT2D eigenvalue weighted by Gasteiger charge is 2.29. The van der Waals surface area contributed by atoms with Crippen LogP contribution in [0.15, 0.2) is 43.0 Å². The summed E-state index contributed by atoms with van der Waals surface area (Å²) in [5.74, 6) is -0.539. The molecule has 1 aromatic rings. The summed E-state index contributed by atoms with van der Waals surface area (Å²) in [6, 6.07) is 4.66. The summed E-state index contributed by atoms with van der Waals surface area (Å²) >= 11 is 0. The van der Waals surface area contributed by atoms with Crippen LogP contribution in [0.5, 0.6) is 0 Å². The van der Waals surface area contributed by atoms with Gasteiger partial charge in [-0.1, -0.05) is 45.6 Å². The maximum absolute atomic E-state index is 14.5. The van der Waals surface area contributed by atoms with Crippen LogP contribution in [-0.4, -0.2) is 0 Å². The summed E-state index contributed by atoms with van der Waals surface area (Å²) in [6.45, 7) is 11.1. The van der Waals surface area contributed by atoms with Crippen molar-refractivity contribution in [1.82, 2.24) is 0 Å². The largest absolute Gasteiger partial charge is 0.229 e. The first-order valence-electron chi connectivity index (χ1n) is 6.01. The van der Waals surface area contributed by atoms with Gasteiger partial charge in [-0.3, -0.25) is 0 Å². The van der Waals surface area contributed by atoms with Crippen LogP contribution < -0.4 is 0 Å². The highest BCUT2D eigenvalue weighted by molar-refractivity contribution is 5.37.